The third-order valence-corrected chi connectivity index (χ3v) is 6.60. The number of aromatic nitrogens is 3. The molecule has 38 heavy (non-hydrogen) atoms. The van der Waals surface area contributed by atoms with Gasteiger partial charge < -0.3 is 15.2 Å². The van der Waals surface area contributed by atoms with Crippen molar-refractivity contribution < 1.29 is 9.59 Å². The van der Waals surface area contributed by atoms with Gasteiger partial charge in [0, 0.05) is 17.8 Å². The van der Waals surface area contributed by atoms with Gasteiger partial charge in [-0.05, 0) is 69.3 Å². The average Bonchev–Trinajstić information content (AvgIpc) is 3.35. The molecule has 0 aliphatic heterocycles. The number of thioether (sulfide) groups is 1. The predicted octanol–water partition coefficient (Wildman–Crippen LogP) is 6.24. The molecular weight excluding hydrogens is 498 g/mol. The minimum Gasteiger partial charge on any atom is -0.342 e. The Labute approximate surface area is 225 Å². The minimum atomic E-state index is -0.350. The maximum absolute atomic E-state index is 12.6. The maximum atomic E-state index is 12.6. The standard InChI is InChI=1S/C28H29N7O2S/c1-4-35-26(20(3)29-27(37)21-12-10-19(2)11-13-21)33-34-28(35)38-18-25(36)30-22-14-16-24(17-15-22)32-31-23-8-6-5-7-9-23/h5-17,20H,4,18H2,1-3H3,(H,29,37)(H,30,36)/t20-/m1/s1. The van der Waals surface area contributed by atoms with Crippen LogP contribution in [0.1, 0.15) is 41.6 Å². The summed E-state index contributed by atoms with van der Waals surface area (Å²) < 4.78 is 1.91. The molecule has 2 amide bonds. The highest BCUT2D eigenvalue weighted by Crippen LogP contribution is 2.23. The zero-order valence-corrected chi connectivity index (χ0v) is 22.3. The summed E-state index contributed by atoms with van der Waals surface area (Å²) in [5.41, 5.74) is 3.80. The van der Waals surface area contributed by atoms with Crippen LogP contribution in [0.3, 0.4) is 0 Å². The lowest BCUT2D eigenvalue weighted by atomic mass is 10.1. The number of anilines is 1. The van der Waals surface area contributed by atoms with Gasteiger partial charge in [-0.2, -0.15) is 10.2 Å². The molecule has 194 valence electrons. The zero-order valence-electron chi connectivity index (χ0n) is 21.5. The van der Waals surface area contributed by atoms with Crippen molar-refractivity contribution in [3.63, 3.8) is 0 Å². The fourth-order valence-corrected chi connectivity index (χ4v) is 4.43. The number of nitrogens with one attached hydrogen (secondary N) is 2. The number of hydrogen-bond acceptors (Lipinski definition) is 7. The fourth-order valence-electron chi connectivity index (χ4n) is 3.62. The first-order valence-electron chi connectivity index (χ1n) is 12.2. The molecule has 0 aliphatic carbocycles. The van der Waals surface area contributed by atoms with Crippen LogP contribution in [-0.2, 0) is 11.3 Å². The highest BCUT2D eigenvalue weighted by Gasteiger charge is 2.20. The molecule has 4 aromatic rings. The molecule has 10 heteroatoms. The molecule has 2 N–H and O–H groups in total. The molecule has 0 unspecified atom stereocenters. The minimum absolute atomic E-state index is 0.164. The molecule has 0 spiro atoms. The van der Waals surface area contributed by atoms with Gasteiger partial charge >= 0.3 is 0 Å². The van der Waals surface area contributed by atoms with Gasteiger partial charge in [0.15, 0.2) is 11.0 Å². The van der Waals surface area contributed by atoms with Crippen molar-refractivity contribution in [1.29, 1.82) is 0 Å². The van der Waals surface area contributed by atoms with Crippen LogP contribution in [0, 0.1) is 6.92 Å². The third kappa shape index (κ3) is 7.13. The summed E-state index contributed by atoms with van der Waals surface area (Å²) in [5.74, 6) is 0.458. The number of nitrogens with zero attached hydrogens (tertiary/aromatic N) is 5. The smallest absolute Gasteiger partial charge is 0.251 e. The Hall–Kier alpha value is -4.31. The molecule has 0 saturated heterocycles. The van der Waals surface area contributed by atoms with E-state index < -0.39 is 0 Å². The summed E-state index contributed by atoms with van der Waals surface area (Å²) in [6, 6.07) is 23.7. The Kier molecular flexibility index (Phi) is 8.99. The van der Waals surface area contributed by atoms with E-state index in [0.29, 0.717) is 34.5 Å². The number of benzene rings is 3. The van der Waals surface area contributed by atoms with E-state index in [2.05, 4.69) is 31.1 Å². The largest absolute Gasteiger partial charge is 0.342 e. The number of carbonyl (C=O) groups is 2. The molecule has 0 radical (unpaired) electrons. The Morgan fingerprint density at radius 2 is 1.58 bits per heavy atom. The van der Waals surface area contributed by atoms with Crippen molar-refractivity contribution in [2.24, 2.45) is 10.2 Å². The van der Waals surface area contributed by atoms with Crippen molar-refractivity contribution in [2.45, 2.75) is 38.5 Å². The molecular formula is C28H29N7O2S. The van der Waals surface area contributed by atoms with Gasteiger partial charge in [0.2, 0.25) is 5.91 Å². The van der Waals surface area contributed by atoms with E-state index >= 15 is 0 Å². The Bertz CT molecular complexity index is 1400. The number of azo groups is 1. The van der Waals surface area contributed by atoms with E-state index in [4.69, 9.17) is 0 Å². The maximum Gasteiger partial charge on any atom is 0.251 e. The lowest BCUT2D eigenvalue weighted by Gasteiger charge is -2.15. The first kappa shape index (κ1) is 26.7. The summed E-state index contributed by atoms with van der Waals surface area (Å²) in [6.07, 6.45) is 0. The summed E-state index contributed by atoms with van der Waals surface area (Å²) in [4.78, 5) is 25.2. The van der Waals surface area contributed by atoms with E-state index in [1.165, 1.54) is 11.8 Å². The molecule has 0 saturated carbocycles. The Morgan fingerprint density at radius 1 is 0.921 bits per heavy atom. The van der Waals surface area contributed by atoms with E-state index in [9.17, 15) is 9.59 Å². The molecule has 4 rings (SSSR count). The quantitative estimate of drug-likeness (QED) is 0.187. The number of aryl methyl sites for hydroxylation is 1. The Balaban J connectivity index is 1.31. The number of carbonyl (C=O) groups excluding carboxylic acids is 2. The zero-order chi connectivity index (χ0) is 26.9. The average molecular weight is 528 g/mol. The van der Waals surface area contributed by atoms with Gasteiger partial charge in [0.1, 0.15) is 0 Å². The van der Waals surface area contributed by atoms with Gasteiger partial charge in [-0.1, -0.05) is 47.7 Å². The normalized spacial score (nSPS) is 11.9. The summed E-state index contributed by atoms with van der Waals surface area (Å²) >= 11 is 1.29. The van der Waals surface area contributed by atoms with E-state index in [1.54, 1.807) is 36.4 Å². The molecule has 1 atom stereocenters. The molecule has 0 fully saturated rings. The molecule has 1 aromatic heterocycles. The van der Waals surface area contributed by atoms with Crippen molar-refractivity contribution in [1.82, 2.24) is 20.1 Å². The van der Waals surface area contributed by atoms with E-state index in [1.807, 2.05) is 67.8 Å². The van der Waals surface area contributed by atoms with Crippen molar-refractivity contribution in [3.05, 3.63) is 95.8 Å². The van der Waals surface area contributed by atoms with Crippen LogP contribution in [0.2, 0.25) is 0 Å². The number of hydrogen-bond donors (Lipinski definition) is 2. The highest BCUT2D eigenvalue weighted by atomic mass is 32.2. The molecule has 0 aliphatic rings. The van der Waals surface area contributed by atoms with E-state index in [-0.39, 0.29) is 23.6 Å². The first-order chi connectivity index (χ1) is 18.4. The number of rotatable bonds is 10. The van der Waals surface area contributed by atoms with Gasteiger partial charge in [-0.15, -0.1) is 10.2 Å². The van der Waals surface area contributed by atoms with Gasteiger partial charge in [0.25, 0.3) is 5.91 Å². The van der Waals surface area contributed by atoms with E-state index in [0.717, 1.165) is 11.3 Å². The molecule has 3 aromatic carbocycles. The predicted molar refractivity (Wildman–Crippen MR) is 149 cm³/mol. The van der Waals surface area contributed by atoms with Crippen LogP contribution in [0.5, 0.6) is 0 Å². The van der Waals surface area contributed by atoms with Crippen molar-refractivity contribution in [2.75, 3.05) is 11.1 Å². The summed E-state index contributed by atoms with van der Waals surface area (Å²) in [5, 5.41) is 23.4. The molecule has 0 bridgehead atoms. The molecule has 1 heterocycles. The third-order valence-electron chi connectivity index (χ3n) is 5.63. The summed E-state index contributed by atoms with van der Waals surface area (Å²) in [7, 11) is 0. The fraction of sp³-hybridized carbons (Fsp3) is 0.214. The van der Waals surface area contributed by atoms with Crippen LogP contribution >= 0.6 is 11.8 Å². The topological polar surface area (TPSA) is 114 Å². The lowest BCUT2D eigenvalue weighted by Crippen LogP contribution is -2.28. The number of amides is 2. The monoisotopic (exact) mass is 527 g/mol. The second-order valence-corrected chi connectivity index (χ2v) is 9.51. The van der Waals surface area contributed by atoms with Gasteiger partial charge in [0.05, 0.1) is 23.2 Å². The summed E-state index contributed by atoms with van der Waals surface area (Å²) in [6.45, 7) is 6.43. The SMILES string of the molecule is CCn1c(SCC(=O)Nc2ccc(N=Nc3ccccc3)cc2)nnc1[C@@H](C)NC(=O)c1ccc(C)cc1. The van der Waals surface area contributed by atoms with Crippen molar-refractivity contribution in [3.8, 4) is 0 Å². The van der Waals surface area contributed by atoms with Crippen LogP contribution in [0.4, 0.5) is 17.1 Å². The molecule has 9 nitrogen and oxygen atoms in total. The Morgan fingerprint density at radius 3 is 2.24 bits per heavy atom. The van der Waals surface area contributed by atoms with Crippen LogP contribution in [-0.4, -0.2) is 32.3 Å². The first-order valence-corrected chi connectivity index (χ1v) is 13.2. The second-order valence-electron chi connectivity index (χ2n) is 8.57. The van der Waals surface area contributed by atoms with Gasteiger partial charge in [-0.3, -0.25) is 9.59 Å². The van der Waals surface area contributed by atoms with Crippen molar-refractivity contribution >= 4 is 40.6 Å². The van der Waals surface area contributed by atoms with Crippen LogP contribution < -0.4 is 10.6 Å². The second kappa shape index (κ2) is 12.8. The van der Waals surface area contributed by atoms with Gasteiger partial charge in [-0.25, -0.2) is 0 Å². The lowest BCUT2D eigenvalue weighted by molar-refractivity contribution is -0.113. The van der Waals surface area contributed by atoms with Crippen LogP contribution in [0.25, 0.3) is 0 Å². The highest BCUT2D eigenvalue weighted by molar-refractivity contribution is 7.99. The van der Waals surface area contributed by atoms with Crippen LogP contribution in [0.15, 0.2) is 94.2 Å².